The van der Waals surface area contributed by atoms with Crippen LogP contribution in [0.25, 0.3) is 0 Å². The van der Waals surface area contributed by atoms with Gasteiger partial charge in [-0.15, -0.1) is 0 Å². The Balaban J connectivity index is 2.07. The Morgan fingerprint density at radius 2 is 1.44 bits per heavy atom. The predicted molar refractivity (Wildman–Crippen MR) is 102 cm³/mol. The van der Waals surface area contributed by atoms with Crippen LogP contribution in [-0.2, 0) is 9.59 Å². The zero-order valence-corrected chi connectivity index (χ0v) is 15.4. The maximum absolute atomic E-state index is 13.8. The van der Waals surface area contributed by atoms with Crippen molar-refractivity contribution in [3.8, 4) is 0 Å². The average molecular weight is 371 g/mol. The van der Waals surface area contributed by atoms with E-state index in [1.807, 2.05) is 0 Å². The Kier molecular flexibility index (Phi) is 6.65. The first-order valence-electron chi connectivity index (χ1n) is 8.52. The van der Waals surface area contributed by atoms with Crippen LogP contribution in [0.2, 0.25) is 0 Å². The molecule has 0 aliphatic heterocycles. The zero-order valence-electron chi connectivity index (χ0n) is 15.4. The molecule has 0 saturated heterocycles. The number of hydrogen-bond donors (Lipinski definition) is 3. The molecule has 0 saturated carbocycles. The van der Waals surface area contributed by atoms with Crippen molar-refractivity contribution < 1.29 is 18.8 Å². The van der Waals surface area contributed by atoms with Crippen LogP contribution < -0.4 is 16.0 Å². The molecule has 6 nitrogen and oxygen atoms in total. The summed E-state index contributed by atoms with van der Waals surface area (Å²) in [5, 5.41) is 7.93. The van der Waals surface area contributed by atoms with Crippen LogP contribution >= 0.6 is 0 Å². The average Bonchev–Trinajstić information content (AvgIpc) is 2.60. The molecule has 1 atom stereocenters. The van der Waals surface area contributed by atoms with E-state index in [4.69, 9.17) is 0 Å². The first kappa shape index (κ1) is 20.1. The van der Waals surface area contributed by atoms with E-state index in [2.05, 4.69) is 16.0 Å². The highest BCUT2D eigenvalue weighted by molar-refractivity contribution is 6.01. The summed E-state index contributed by atoms with van der Waals surface area (Å²) >= 11 is 0. The van der Waals surface area contributed by atoms with E-state index in [0.717, 1.165) is 0 Å². The van der Waals surface area contributed by atoms with Gasteiger partial charge in [-0.25, -0.2) is 4.39 Å². The van der Waals surface area contributed by atoms with Gasteiger partial charge in [0.1, 0.15) is 11.9 Å². The summed E-state index contributed by atoms with van der Waals surface area (Å²) in [5.41, 5.74) is 1.00. The summed E-state index contributed by atoms with van der Waals surface area (Å²) in [5.74, 6) is -2.11. The molecule has 27 heavy (non-hydrogen) atoms. The fourth-order valence-electron chi connectivity index (χ4n) is 2.46. The van der Waals surface area contributed by atoms with Gasteiger partial charge in [0.25, 0.3) is 5.91 Å². The number of amides is 3. The second-order valence-electron chi connectivity index (χ2n) is 6.42. The normalized spacial score (nSPS) is 11.6. The van der Waals surface area contributed by atoms with Crippen LogP contribution in [0.5, 0.6) is 0 Å². The molecule has 3 amide bonds. The molecule has 0 radical (unpaired) electrons. The Labute approximate surface area is 157 Å². The van der Waals surface area contributed by atoms with E-state index in [1.54, 1.807) is 44.2 Å². The molecule has 2 aromatic rings. The number of hydrogen-bond acceptors (Lipinski definition) is 3. The van der Waals surface area contributed by atoms with Crippen molar-refractivity contribution in [2.24, 2.45) is 5.92 Å². The van der Waals surface area contributed by atoms with Gasteiger partial charge >= 0.3 is 0 Å². The number of anilines is 2. The Hall–Kier alpha value is -3.22. The van der Waals surface area contributed by atoms with Crippen LogP contribution in [0.15, 0.2) is 48.5 Å². The topological polar surface area (TPSA) is 87.3 Å². The summed E-state index contributed by atoms with van der Waals surface area (Å²) in [6.07, 6.45) is 0. The van der Waals surface area contributed by atoms with Gasteiger partial charge in [-0.05, 0) is 42.3 Å². The van der Waals surface area contributed by atoms with Gasteiger partial charge in [0.05, 0.1) is 5.56 Å². The maximum Gasteiger partial charge on any atom is 0.254 e. The molecule has 0 aliphatic carbocycles. The third-order valence-corrected chi connectivity index (χ3v) is 3.83. The molecular formula is C20H22FN3O3. The van der Waals surface area contributed by atoms with E-state index in [1.165, 1.54) is 25.1 Å². The van der Waals surface area contributed by atoms with Gasteiger partial charge in [-0.2, -0.15) is 0 Å². The lowest BCUT2D eigenvalue weighted by molar-refractivity contribution is -0.119. The highest BCUT2D eigenvalue weighted by Crippen LogP contribution is 2.15. The summed E-state index contributed by atoms with van der Waals surface area (Å²) < 4.78 is 13.8. The number of rotatable bonds is 6. The third kappa shape index (κ3) is 5.64. The molecule has 0 aliphatic rings. The predicted octanol–water partition coefficient (Wildman–Crippen LogP) is 3.18. The lowest BCUT2D eigenvalue weighted by atomic mass is 10.0. The summed E-state index contributed by atoms with van der Waals surface area (Å²) in [6, 6.07) is 11.3. The van der Waals surface area contributed by atoms with Gasteiger partial charge in [-0.1, -0.05) is 26.0 Å². The van der Waals surface area contributed by atoms with Crippen LogP contribution in [-0.4, -0.2) is 23.8 Å². The number of carbonyl (C=O) groups excluding carboxylic acids is 3. The standard InChI is InChI=1S/C20H22FN3O3/c1-12(2)18(24-19(26)16-6-4-5-7-17(16)21)20(27)23-15-10-8-14(9-11-15)22-13(3)25/h4-12,18H,1-3H3,(H,22,25)(H,23,27)(H,24,26)/t18-/m0/s1. The minimum absolute atomic E-state index is 0.115. The van der Waals surface area contributed by atoms with E-state index in [0.29, 0.717) is 11.4 Å². The lowest BCUT2D eigenvalue weighted by Gasteiger charge is -2.22. The molecule has 3 N–H and O–H groups in total. The summed E-state index contributed by atoms with van der Waals surface area (Å²) in [7, 11) is 0. The Bertz CT molecular complexity index is 835. The molecular weight excluding hydrogens is 349 g/mol. The molecule has 0 fully saturated rings. The highest BCUT2D eigenvalue weighted by atomic mass is 19.1. The number of halogens is 1. The maximum atomic E-state index is 13.8. The van der Waals surface area contributed by atoms with Gasteiger partial charge in [0, 0.05) is 18.3 Å². The van der Waals surface area contributed by atoms with Gasteiger partial charge < -0.3 is 16.0 Å². The summed E-state index contributed by atoms with van der Waals surface area (Å²) in [4.78, 5) is 35.9. The van der Waals surface area contributed by atoms with E-state index in [9.17, 15) is 18.8 Å². The molecule has 142 valence electrons. The first-order chi connectivity index (χ1) is 12.8. The van der Waals surface area contributed by atoms with Crippen LogP contribution in [0, 0.1) is 11.7 Å². The van der Waals surface area contributed by atoms with Crippen LogP contribution in [0.4, 0.5) is 15.8 Å². The minimum Gasteiger partial charge on any atom is -0.340 e. The molecule has 0 bridgehead atoms. The molecule has 2 rings (SSSR count). The monoisotopic (exact) mass is 371 g/mol. The van der Waals surface area contributed by atoms with E-state index < -0.39 is 23.7 Å². The van der Waals surface area contributed by atoms with Crippen molar-refractivity contribution in [2.75, 3.05) is 10.6 Å². The van der Waals surface area contributed by atoms with Crippen molar-refractivity contribution in [2.45, 2.75) is 26.8 Å². The quantitative estimate of drug-likeness (QED) is 0.729. The van der Waals surface area contributed by atoms with Crippen LogP contribution in [0.3, 0.4) is 0 Å². The smallest absolute Gasteiger partial charge is 0.254 e. The van der Waals surface area contributed by atoms with Gasteiger partial charge in [0.15, 0.2) is 0 Å². The molecule has 7 heteroatoms. The SMILES string of the molecule is CC(=O)Nc1ccc(NC(=O)[C@@H](NC(=O)c2ccccc2F)C(C)C)cc1. The fourth-order valence-corrected chi connectivity index (χ4v) is 2.46. The Morgan fingerprint density at radius 1 is 0.889 bits per heavy atom. The fraction of sp³-hybridized carbons (Fsp3) is 0.250. The molecule has 0 aromatic heterocycles. The second-order valence-corrected chi connectivity index (χ2v) is 6.42. The number of benzene rings is 2. The Morgan fingerprint density at radius 3 is 1.96 bits per heavy atom. The molecule has 0 unspecified atom stereocenters. The van der Waals surface area contributed by atoms with E-state index in [-0.39, 0.29) is 17.4 Å². The van der Waals surface area contributed by atoms with Crippen LogP contribution in [0.1, 0.15) is 31.1 Å². The number of nitrogens with one attached hydrogen (secondary N) is 3. The van der Waals surface area contributed by atoms with E-state index >= 15 is 0 Å². The minimum atomic E-state index is -0.841. The molecule has 0 spiro atoms. The second kappa shape index (κ2) is 8.93. The van der Waals surface area contributed by atoms with Gasteiger partial charge in [-0.3, -0.25) is 14.4 Å². The third-order valence-electron chi connectivity index (χ3n) is 3.83. The van der Waals surface area contributed by atoms with Crippen molar-refractivity contribution in [3.05, 3.63) is 59.9 Å². The largest absolute Gasteiger partial charge is 0.340 e. The first-order valence-corrected chi connectivity index (χ1v) is 8.52. The lowest BCUT2D eigenvalue weighted by Crippen LogP contribution is -2.47. The highest BCUT2D eigenvalue weighted by Gasteiger charge is 2.25. The van der Waals surface area contributed by atoms with Crippen molar-refractivity contribution in [1.82, 2.24) is 5.32 Å². The van der Waals surface area contributed by atoms with Crippen molar-refractivity contribution >= 4 is 29.1 Å². The molecule has 0 heterocycles. The zero-order chi connectivity index (χ0) is 20.0. The summed E-state index contributed by atoms with van der Waals surface area (Å²) in [6.45, 7) is 4.97. The number of carbonyl (C=O) groups is 3. The van der Waals surface area contributed by atoms with Crippen molar-refractivity contribution in [1.29, 1.82) is 0 Å². The van der Waals surface area contributed by atoms with Crippen molar-refractivity contribution in [3.63, 3.8) is 0 Å². The molecule has 2 aromatic carbocycles. The van der Waals surface area contributed by atoms with Gasteiger partial charge in [0.2, 0.25) is 11.8 Å².